The molecule has 1 aromatic rings. The number of Topliss-reactive ketones (excluding diaryl/α,β-unsaturated/α-hetero) is 1. The Balaban J connectivity index is 3.05. The van der Waals surface area contributed by atoms with Crippen molar-refractivity contribution in [1.82, 2.24) is 0 Å². The summed E-state index contributed by atoms with van der Waals surface area (Å²) in [6.45, 7) is 1.47. The molecule has 0 saturated carbocycles. The third-order valence-corrected chi connectivity index (χ3v) is 2.53. The van der Waals surface area contributed by atoms with Gasteiger partial charge in [0.15, 0.2) is 16.9 Å². The molecule has 0 fully saturated rings. The van der Waals surface area contributed by atoms with Crippen molar-refractivity contribution in [1.29, 1.82) is 0 Å². The molecule has 1 atom stereocenters. The highest BCUT2D eigenvalue weighted by Gasteiger charge is 2.05. The summed E-state index contributed by atoms with van der Waals surface area (Å²) < 4.78 is 15.8. The molecule has 0 aliphatic heterocycles. The van der Waals surface area contributed by atoms with Crippen LogP contribution in [0.2, 0.25) is 0 Å². The molecule has 0 amide bonds. The van der Waals surface area contributed by atoms with Gasteiger partial charge in [0.1, 0.15) is 0 Å². The maximum atomic E-state index is 11.2. The molecule has 0 heterocycles. The minimum atomic E-state index is -1.47. The van der Waals surface area contributed by atoms with Crippen molar-refractivity contribution in [3.8, 4) is 0 Å². The zero-order valence-corrected chi connectivity index (χ0v) is 8.26. The van der Waals surface area contributed by atoms with Gasteiger partial charge in [0.2, 0.25) is 0 Å². The molecule has 0 radical (unpaired) electrons. The monoisotopic (exact) mass is 198 g/mol. The van der Waals surface area contributed by atoms with Gasteiger partial charge in [0.25, 0.3) is 0 Å². The molecular weight excluding hydrogens is 188 g/mol. The number of rotatable bonds is 3. The fraction of sp³-hybridized carbons (Fsp3) is 0.222. The van der Waals surface area contributed by atoms with Crippen LogP contribution < -0.4 is 0 Å². The molecule has 0 saturated heterocycles. The van der Waals surface area contributed by atoms with Crippen molar-refractivity contribution in [2.75, 3.05) is 7.11 Å². The molecule has 4 heteroatoms. The van der Waals surface area contributed by atoms with Crippen LogP contribution in [0.1, 0.15) is 17.3 Å². The quantitative estimate of drug-likeness (QED) is 0.692. The van der Waals surface area contributed by atoms with Crippen molar-refractivity contribution in [2.24, 2.45) is 0 Å². The second-order valence-electron chi connectivity index (χ2n) is 2.49. The summed E-state index contributed by atoms with van der Waals surface area (Å²) in [5.41, 5.74) is 0.544. The van der Waals surface area contributed by atoms with E-state index in [4.69, 9.17) is 0 Å². The van der Waals surface area contributed by atoms with Crippen LogP contribution in [0.3, 0.4) is 0 Å². The van der Waals surface area contributed by atoms with Crippen LogP contribution in [0.25, 0.3) is 0 Å². The molecule has 0 aliphatic rings. The van der Waals surface area contributed by atoms with Gasteiger partial charge < -0.3 is 0 Å². The molecule has 0 bridgehead atoms. The van der Waals surface area contributed by atoms with E-state index in [1.165, 1.54) is 14.0 Å². The van der Waals surface area contributed by atoms with Crippen LogP contribution in [-0.4, -0.2) is 17.1 Å². The summed E-state index contributed by atoms with van der Waals surface area (Å²) in [6.07, 6.45) is 0. The zero-order valence-electron chi connectivity index (χ0n) is 7.44. The van der Waals surface area contributed by atoms with Crippen molar-refractivity contribution >= 4 is 16.9 Å². The second kappa shape index (κ2) is 4.30. The predicted molar refractivity (Wildman–Crippen MR) is 49.9 cm³/mol. The molecule has 0 aliphatic carbocycles. The van der Waals surface area contributed by atoms with Gasteiger partial charge in [-0.05, 0) is 19.1 Å². The Hall–Kier alpha value is -1.00. The van der Waals surface area contributed by atoms with Crippen LogP contribution in [0.4, 0.5) is 0 Å². The number of carbonyl (C=O) groups excluding carboxylic acids is 1. The molecule has 1 aromatic carbocycles. The summed E-state index contributed by atoms with van der Waals surface area (Å²) in [4.78, 5) is 11.5. The highest BCUT2D eigenvalue weighted by molar-refractivity contribution is 7.80. The summed E-state index contributed by atoms with van der Waals surface area (Å²) in [6, 6.07) is 6.59. The molecule has 0 spiro atoms. The Bertz CT molecular complexity index is 346. The number of ketones is 1. The van der Waals surface area contributed by atoms with Gasteiger partial charge in [-0.25, -0.2) is 4.21 Å². The number of carbonyl (C=O) groups is 1. The number of hydrogen-bond donors (Lipinski definition) is 0. The minimum Gasteiger partial charge on any atom is -0.295 e. The first-order chi connectivity index (χ1) is 6.15. The van der Waals surface area contributed by atoms with Gasteiger partial charge in [-0.3, -0.25) is 8.98 Å². The molecule has 13 heavy (non-hydrogen) atoms. The average Bonchev–Trinajstić information content (AvgIpc) is 2.17. The third kappa shape index (κ3) is 2.47. The SMILES string of the molecule is COS(=O)c1cccc(C(C)=O)c1. The van der Waals surface area contributed by atoms with E-state index in [2.05, 4.69) is 4.18 Å². The zero-order chi connectivity index (χ0) is 9.84. The first-order valence-electron chi connectivity index (χ1n) is 3.72. The number of hydrogen-bond acceptors (Lipinski definition) is 3. The van der Waals surface area contributed by atoms with E-state index < -0.39 is 11.1 Å². The fourth-order valence-corrected chi connectivity index (χ4v) is 1.52. The smallest absolute Gasteiger partial charge is 0.188 e. The van der Waals surface area contributed by atoms with Crippen LogP contribution >= 0.6 is 0 Å². The molecule has 1 rings (SSSR count). The van der Waals surface area contributed by atoms with Crippen molar-refractivity contribution in [3.63, 3.8) is 0 Å². The maximum absolute atomic E-state index is 11.2. The molecule has 3 nitrogen and oxygen atoms in total. The lowest BCUT2D eigenvalue weighted by atomic mass is 10.2. The minimum absolute atomic E-state index is 0.0463. The topological polar surface area (TPSA) is 43.4 Å². The first-order valence-corrected chi connectivity index (χ1v) is 4.80. The van der Waals surface area contributed by atoms with E-state index in [-0.39, 0.29) is 5.78 Å². The van der Waals surface area contributed by atoms with Gasteiger partial charge in [-0.1, -0.05) is 12.1 Å². The normalized spacial score (nSPS) is 12.5. The highest BCUT2D eigenvalue weighted by atomic mass is 32.2. The van der Waals surface area contributed by atoms with E-state index in [9.17, 15) is 9.00 Å². The number of benzene rings is 1. The Labute approximate surface area is 79.4 Å². The summed E-state index contributed by atoms with van der Waals surface area (Å²) >= 11 is -1.47. The highest BCUT2D eigenvalue weighted by Crippen LogP contribution is 2.10. The van der Waals surface area contributed by atoms with Gasteiger partial charge in [-0.2, -0.15) is 0 Å². The molecule has 0 N–H and O–H groups in total. The largest absolute Gasteiger partial charge is 0.295 e. The Morgan fingerprint density at radius 2 is 2.15 bits per heavy atom. The van der Waals surface area contributed by atoms with Gasteiger partial charge >= 0.3 is 0 Å². The van der Waals surface area contributed by atoms with E-state index in [1.54, 1.807) is 24.3 Å². The lowest BCUT2D eigenvalue weighted by Gasteiger charge is -2.00. The van der Waals surface area contributed by atoms with Crippen LogP contribution in [0.5, 0.6) is 0 Å². The summed E-state index contributed by atoms with van der Waals surface area (Å²) in [5, 5.41) is 0. The van der Waals surface area contributed by atoms with Crippen LogP contribution in [0.15, 0.2) is 29.2 Å². The predicted octanol–water partition coefficient (Wildman–Crippen LogP) is 1.56. The van der Waals surface area contributed by atoms with Crippen molar-refractivity contribution in [2.45, 2.75) is 11.8 Å². The molecule has 0 aromatic heterocycles. The van der Waals surface area contributed by atoms with E-state index >= 15 is 0 Å². The second-order valence-corrected chi connectivity index (χ2v) is 3.76. The molecule has 70 valence electrons. The van der Waals surface area contributed by atoms with Gasteiger partial charge in [-0.15, -0.1) is 0 Å². The van der Waals surface area contributed by atoms with Gasteiger partial charge in [0, 0.05) is 5.56 Å². The van der Waals surface area contributed by atoms with E-state index in [0.29, 0.717) is 10.5 Å². The lowest BCUT2D eigenvalue weighted by Crippen LogP contribution is -1.97. The summed E-state index contributed by atoms with van der Waals surface area (Å²) in [5.74, 6) is -0.0463. The van der Waals surface area contributed by atoms with E-state index in [1.807, 2.05) is 0 Å². The Morgan fingerprint density at radius 1 is 1.46 bits per heavy atom. The Kier molecular flexibility index (Phi) is 3.33. The molecule has 1 unspecified atom stereocenters. The molecular formula is C9H10O3S. The summed E-state index contributed by atoms with van der Waals surface area (Å²) in [7, 11) is 1.36. The lowest BCUT2D eigenvalue weighted by molar-refractivity contribution is 0.101. The Morgan fingerprint density at radius 3 is 2.69 bits per heavy atom. The van der Waals surface area contributed by atoms with Crippen LogP contribution in [0, 0.1) is 0 Å². The standard InChI is InChI=1S/C9H10O3S/c1-7(10)8-4-3-5-9(6-8)13(11)12-2/h3-6H,1-2H3. The van der Waals surface area contributed by atoms with E-state index in [0.717, 1.165) is 0 Å². The first kappa shape index (κ1) is 10.1. The average molecular weight is 198 g/mol. The van der Waals surface area contributed by atoms with Gasteiger partial charge in [0.05, 0.1) is 12.0 Å². The van der Waals surface area contributed by atoms with Crippen molar-refractivity contribution in [3.05, 3.63) is 29.8 Å². The van der Waals surface area contributed by atoms with Crippen molar-refractivity contribution < 1.29 is 13.2 Å². The fourth-order valence-electron chi connectivity index (χ4n) is 0.915. The third-order valence-electron chi connectivity index (χ3n) is 1.58. The van der Waals surface area contributed by atoms with Crippen LogP contribution in [-0.2, 0) is 15.3 Å². The maximum Gasteiger partial charge on any atom is 0.188 e.